The van der Waals surface area contributed by atoms with Gasteiger partial charge in [0.1, 0.15) is 5.82 Å². The van der Waals surface area contributed by atoms with E-state index in [1.54, 1.807) is 13.1 Å². The first-order chi connectivity index (χ1) is 11.4. The van der Waals surface area contributed by atoms with Crippen molar-refractivity contribution in [3.05, 3.63) is 71.1 Å². The van der Waals surface area contributed by atoms with Gasteiger partial charge >= 0.3 is 6.18 Å². The van der Waals surface area contributed by atoms with Crippen molar-refractivity contribution < 1.29 is 17.6 Å². The molecule has 0 fully saturated rings. The number of rotatable bonds is 3. The SMILES string of the molecule is CNC/C=C/C1c2ccc(F)cc2Sc2ccc(C(F)(F)F)cc21. The summed E-state index contributed by atoms with van der Waals surface area (Å²) in [6.07, 6.45) is -0.647. The van der Waals surface area contributed by atoms with Crippen LogP contribution in [0, 0.1) is 5.82 Å². The Bertz CT molecular complexity index is 783. The van der Waals surface area contributed by atoms with Crippen LogP contribution in [0.25, 0.3) is 0 Å². The number of alkyl halides is 3. The molecule has 0 bridgehead atoms. The van der Waals surface area contributed by atoms with Gasteiger partial charge in [0.15, 0.2) is 0 Å². The molecule has 126 valence electrons. The third-order valence-electron chi connectivity index (χ3n) is 3.85. The van der Waals surface area contributed by atoms with Crippen LogP contribution in [0.3, 0.4) is 0 Å². The molecule has 1 heterocycles. The summed E-state index contributed by atoms with van der Waals surface area (Å²) in [5.74, 6) is -0.679. The minimum absolute atomic E-state index is 0.326. The van der Waals surface area contributed by atoms with Crippen LogP contribution in [-0.2, 0) is 6.18 Å². The summed E-state index contributed by atoms with van der Waals surface area (Å²) in [6, 6.07) is 8.16. The lowest BCUT2D eigenvalue weighted by atomic mass is 9.89. The number of hydrogen-bond donors (Lipinski definition) is 1. The van der Waals surface area contributed by atoms with E-state index >= 15 is 0 Å². The van der Waals surface area contributed by atoms with Gasteiger partial charge < -0.3 is 5.32 Å². The smallest absolute Gasteiger partial charge is 0.316 e. The number of halogens is 4. The summed E-state index contributed by atoms with van der Waals surface area (Å²) in [5.41, 5.74) is 0.751. The highest BCUT2D eigenvalue weighted by Gasteiger charge is 2.33. The Labute approximate surface area is 141 Å². The van der Waals surface area contributed by atoms with Crippen LogP contribution in [-0.4, -0.2) is 13.6 Å². The van der Waals surface area contributed by atoms with Gasteiger partial charge in [0, 0.05) is 22.3 Å². The summed E-state index contributed by atoms with van der Waals surface area (Å²) in [6.45, 7) is 0.606. The molecular formula is C18H15F4NS. The fourth-order valence-electron chi connectivity index (χ4n) is 2.73. The molecule has 3 rings (SSSR count). The molecule has 1 aliphatic heterocycles. The fraction of sp³-hybridized carbons (Fsp3) is 0.222. The van der Waals surface area contributed by atoms with E-state index in [-0.39, 0.29) is 11.7 Å². The quantitative estimate of drug-likeness (QED) is 0.600. The number of benzene rings is 2. The molecule has 0 aromatic heterocycles. The molecule has 0 radical (unpaired) electrons. The Balaban J connectivity index is 2.12. The van der Waals surface area contributed by atoms with Gasteiger partial charge in [0.25, 0.3) is 0 Å². The number of fused-ring (bicyclic) bond motifs is 2. The average molecular weight is 353 g/mol. The van der Waals surface area contributed by atoms with Crippen molar-refractivity contribution >= 4 is 11.8 Å². The molecule has 1 unspecified atom stereocenters. The van der Waals surface area contributed by atoms with E-state index in [2.05, 4.69) is 5.32 Å². The Morgan fingerprint density at radius 3 is 2.58 bits per heavy atom. The van der Waals surface area contributed by atoms with Gasteiger partial charge in [-0.2, -0.15) is 13.2 Å². The molecular weight excluding hydrogens is 338 g/mol. The summed E-state index contributed by atoms with van der Waals surface area (Å²) in [5, 5.41) is 2.97. The van der Waals surface area contributed by atoms with E-state index in [0.29, 0.717) is 12.1 Å². The first-order valence-corrected chi connectivity index (χ1v) is 8.21. The first-order valence-electron chi connectivity index (χ1n) is 7.40. The van der Waals surface area contributed by atoms with Crippen molar-refractivity contribution in [2.24, 2.45) is 0 Å². The minimum atomic E-state index is -4.39. The molecule has 2 aromatic carbocycles. The van der Waals surface area contributed by atoms with Crippen molar-refractivity contribution in [1.82, 2.24) is 5.32 Å². The van der Waals surface area contributed by atoms with Crippen LogP contribution in [0.4, 0.5) is 17.6 Å². The normalized spacial score (nSPS) is 17.0. The van der Waals surface area contributed by atoms with Crippen LogP contribution in [0.2, 0.25) is 0 Å². The maximum Gasteiger partial charge on any atom is 0.416 e. The van der Waals surface area contributed by atoms with Crippen LogP contribution in [0.1, 0.15) is 22.6 Å². The predicted molar refractivity (Wildman–Crippen MR) is 86.9 cm³/mol. The third kappa shape index (κ3) is 3.35. The molecule has 0 amide bonds. The Morgan fingerprint density at radius 1 is 1.08 bits per heavy atom. The van der Waals surface area contributed by atoms with Crippen molar-refractivity contribution in [3.8, 4) is 0 Å². The largest absolute Gasteiger partial charge is 0.416 e. The Kier molecular flexibility index (Phi) is 4.69. The Hall–Kier alpha value is -1.79. The van der Waals surface area contributed by atoms with E-state index < -0.39 is 11.7 Å². The van der Waals surface area contributed by atoms with Crippen LogP contribution in [0.5, 0.6) is 0 Å². The van der Waals surface area contributed by atoms with Crippen molar-refractivity contribution in [3.63, 3.8) is 0 Å². The van der Waals surface area contributed by atoms with Gasteiger partial charge in [-0.15, -0.1) is 0 Å². The molecule has 0 spiro atoms. The topological polar surface area (TPSA) is 12.0 Å². The van der Waals surface area contributed by atoms with Crippen molar-refractivity contribution in [2.75, 3.05) is 13.6 Å². The van der Waals surface area contributed by atoms with E-state index in [0.717, 1.165) is 21.4 Å². The monoisotopic (exact) mass is 353 g/mol. The highest BCUT2D eigenvalue weighted by molar-refractivity contribution is 7.99. The van der Waals surface area contributed by atoms with Gasteiger partial charge in [-0.1, -0.05) is 30.0 Å². The van der Waals surface area contributed by atoms with Gasteiger partial charge in [0.05, 0.1) is 5.56 Å². The molecule has 24 heavy (non-hydrogen) atoms. The number of likely N-dealkylation sites (N-methyl/N-ethyl adjacent to an activating group) is 1. The summed E-state index contributed by atoms with van der Waals surface area (Å²) in [4.78, 5) is 1.46. The van der Waals surface area contributed by atoms with Gasteiger partial charge in [-0.3, -0.25) is 0 Å². The molecule has 1 N–H and O–H groups in total. The maximum absolute atomic E-state index is 13.5. The second-order valence-electron chi connectivity index (χ2n) is 5.50. The van der Waals surface area contributed by atoms with Gasteiger partial charge in [0.2, 0.25) is 0 Å². The molecule has 0 saturated heterocycles. The fourth-order valence-corrected chi connectivity index (χ4v) is 3.89. The average Bonchev–Trinajstić information content (AvgIpc) is 2.52. The van der Waals surface area contributed by atoms with Crippen molar-refractivity contribution in [2.45, 2.75) is 21.9 Å². The standard InChI is InChI=1S/C18H15F4NS/c1-23-8-2-3-13-14-6-5-12(19)10-17(14)24-16-7-4-11(9-15(13)16)18(20,21)22/h2-7,9-10,13,23H,8H2,1H3/b3-2+. The van der Waals surface area contributed by atoms with Crippen LogP contribution in [0.15, 0.2) is 58.3 Å². The second-order valence-corrected chi connectivity index (χ2v) is 6.58. The van der Waals surface area contributed by atoms with E-state index in [1.807, 2.05) is 12.2 Å². The molecule has 2 aromatic rings. The number of allylic oxidation sites excluding steroid dienone is 1. The predicted octanol–water partition coefficient (Wildman–Crippen LogP) is 5.22. The molecule has 1 atom stereocenters. The molecule has 0 aliphatic carbocycles. The third-order valence-corrected chi connectivity index (χ3v) is 5.02. The summed E-state index contributed by atoms with van der Waals surface area (Å²) < 4.78 is 52.7. The lowest BCUT2D eigenvalue weighted by Gasteiger charge is -2.27. The van der Waals surface area contributed by atoms with E-state index in [9.17, 15) is 17.6 Å². The molecule has 1 nitrogen and oxygen atoms in total. The summed E-state index contributed by atoms with van der Waals surface area (Å²) in [7, 11) is 1.79. The lowest BCUT2D eigenvalue weighted by Crippen LogP contribution is -2.12. The van der Waals surface area contributed by atoms with Crippen molar-refractivity contribution in [1.29, 1.82) is 0 Å². The van der Waals surface area contributed by atoms with Crippen LogP contribution < -0.4 is 5.32 Å². The van der Waals surface area contributed by atoms with Gasteiger partial charge in [-0.05, 0) is 48.5 Å². The molecule has 1 aliphatic rings. The van der Waals surface area contributed by atoms with E-state index in [1.165, 1.54) is 36.0 Å². The van der Waals surface area contributed by atoms with Gasteiger partial charge in [-0.25, -0.2) is 4.39 Å². The van der Waals surface area contributed by atoms with E-state index in [4.69, 9.17) is 0 Å². The minimum Gasteiger partial charge on any atom is -0.316 e. The maximum atomic E-state index is 13.5. The highest BCUT2D eigenvalue weighted by atomic mass is 32.2. The highest BCUT2D eigenvalue weighted by Crippen LogP contribution is 2.48. The molecule has 0 saturated carbocycles. The Morgan fingerprint density at radius 2 is 1.88 bits per heavy atom. The lowest BCUT2D eigenvalue weighted by molar-refractivity contribution is -0.137. The first kappa shape index (κ1) is 17.0. The number of nitrogens with one attached hydrogen (secondary N) is 1. The zero-order valence-electron chi connectivity index (χ0n) is 12.8. The summed E-state index contributed by atoms with van der Waals surface area (Å²) >= 11 is 1.30. The van der Waals surface area contributed by atoms with Crippen LogP contribution >= 0.6 is 11.8 Å². The number of hydrogen-bond acceptors (Lipinski definition) is 2. The second kappa shape index (κ2) is 6.61. The zero-order chi connectivity index (χ0) is 17.3. The zero-order valence-corrected chi connectivity index (χ0v) is 13.6. The molecule has 6 heteroatoms.